The maximum atomic E-state index is 12.0. The second-order valence-corrected chi connectivity index (χ2v) is 6.25. The number of carboxylic acid groups (broad SMARTS) is 1. The van der Waals surface area contributed by atoms with Crippen LogP contribution in [0.3, 0.4) is 0 Å². The Morgan fingerprint density at radius 3 is 2.79 bits per heavy atom. The van der Waals surface area contributed by atoms with Gasteiger partial charge in [0.1, 0.15) is 10.6 Å². The van der Waals surface area contributed by atoms with Crippen molar-refractivity contribution in [3.05, 3.63) is 30.6 Å². The van der Waals surface area contributed by atoms with E-state index >= 15 is 0 Å². The maximum Gasteiger partial charge on any atom is 0.352 e. The van der Waals surface area contributed by atoms with E-state index in [1.54, 1.807) is 6.08 Å². The highest BCUT2D eigenvalue weighted by Crippen LogP contribution is 2.37. The molecule has 0 amide bonds. The molecule has 0 aliphatic heterocycles. The number of nitrogens with zero attached hydrogens (tertiary/aromatic N) is 1. The molecule has 0 saturated heterocycles. The molecule has 2 rings (SSSR count). The first-order chi connectivity index (χ1) is 8.95. The molecule has 0 unspecified atom stereocenters. The monoisotopic (exact) mass is 284 g/mol. The van der Waals surface area contributed by atoms with Crippen molar-refractivity contribution in [3.63, 3.8) is 0 Å². The molecule has 7 heteroatoms. The Kier molecular flexibility index (Phi) is 3.77. The maximum absolute atomic E-state index is 12.0. The highest BCUT2D eigenvalue weighted by atomic mass is 32.2. The Morgan fingerprint density at radius 2 is 2.26 bits per heavy atom. The summed E-state index contributed by atoms with van der Waals surface area (Å²) in [5.41, 5.74) is 0.0200. The van der Waals surface area contributed by atoms with E-state index in [1.807, 2.05) is 0 Å². The largest absolute Gasteiger partial charge is 0.477 e. The number of hydrogen-bond acceptors (Lipinski definition) is 3. The van der Waals surface area contributed by atoms with E-state index < -0.39 is 16.0 Å². The number of nitrogens with one attached hydrogen (secondary N) is 1. The van der Waals surface area contributed by atoms with Crippen molar-refractivity contribution < 1.29 is 18.3 Å². The lowest BCUT2D eigenvalue weighted by Crippen LogP contribution is -2.24. The summed E-state index contributed by atoms with van der Waals surface area (Å²) in [4.78, 5) is 11.1. The molecule has 1 fully saturated rings. The average Bonchev–Trinajstić information content (AvgIpc) is 3.07. The Morgan fingerprint density at radius 1 is 1.58 bits per heavy atom. The van der Waals surface area contributed by atoms with E-state index in [4.69, 9.17) is 5.11 Å². The van der Waals surface area contributed by atoms with Crippen LogP contribution in [-0.2, 0) is 10.0 Å². The van der Waals surface area contributed by atoms with Gasteiger partial charge in [0.25, 0.3) is 0 Å². The number of aromatic carboxylic acids is 1. The number of carbonyl (C=O) groups is 1. The van der Waals surface area contributed by atoms with Crippen LogP contribution < -0.4 is 4.72 Å². The third kappa shape index (κ3) is 3.05. The number of hydrogen-bond donors (Lipinski definition) is 2. The summed E-state index contributed by atoms with van der Waals surface area (Å²) >= 11 is 0. The molecule has 1 aliphatic rings. The zero-order chi connectivity index (χ0) is 14.0. The van der Waals surface area contributed by atoms with Crippen LogP contribution in [0, 0.1) is 0 Å². The lowest BCUT2D eigenvalue weighted by atomic mass is 10.4. The standard InChI is InChI=1S/C12H16N2O4S/c1-2-3-6-13-19(17,18)10-7-11(12(15)16)14(8-10)9-4-5-9/h2,7-9,13H,1,3-6H2,(H,15,16). The molecule has 1 aromatic heterocycles. The SMILES string of the molecule is C=CCCNS(=O)(=O)c1cc(C(=O)O)n(C2CC2)c1. The second-order valence-electron chi connectivity index (χ2n) is 4.48. The molecule has 104 valence electrons. The van der Waals surface area contributed by atoms with Gasteiger partial charge in [-0.3, -0.25) is 0 Å². The number of carboxylic acids is 1. The Labute approximate surface area is 111 Å². The first-order valence-corrected chi connectivity index (χ1v) is 7.50. The zero-order valence-electron chi connectivity index (χ0n) is 10.4. The van der Waals surface area contributed by atoms with Crippen molar-refractivity contribution in [3.8, 4) is 0 Å². The van der Waals surface area contributed by atoms with Gasteiger partial charge in [0.2, 0.25) is 10.0 Å². The Bertz CT molecular complexity index is 599. The van der Waals surface area contributed by atoms with Gasteiger partial charge in [0.15, 0.2) is 0 Å². The van der Waals surface area contributed by atoms with Crippen molar-refractivity contribution in [2.75, 3.05) is 6.54 Å². The molecule has 6 nitrogen and oxygen atoms in total. The van der Waals surface area contributed by atoms with Crippen molar-refractivity contribution >= 4 is 16.0 Å². The number of aromatic nitrogens is 1. The van der Waals surface area contributed by atoms with Gasteiger partial charge in [0.05, 0.1) is 0 Å². The van der Waals surface area contributed by atoms with Gasteiger partial charge in [0, 0.05) is 18.8 Å². The van der Waals surface area contributed by atoms with Crippen LogP contribution in [0.25, 0.3) is 0 Å². The highest BCUT2D eigenvalue weighted by Gasteiger charge is 2.30. The molecular weight excluding hydrogens is 268 g/mol. The van der Waals surface area contributed by atoms with Gasteiger partial charge in [-0.25, -0.2) is 17.9 Å². The summed E-state index contributed by atoms with van der Waals surface area (Å²) in [7, 11) is -3.66. The van der Waals surface area contributed by atoms with Gasteiger partial charge in [-0.05, 0) is 25.3 Å². The minimum Gasteiger partial charge on any atom is -0.477 e. The number of sulfonamides is 1. The molecule has 2 N–H and O–H groups in total. The van der Waals surface area contributed by atoms with Crippen LogP contribution >= 0.6 is 0 Å². The summed E-state index contributed by atoms with van der Waals surface area (Å²) in [6, 6.07) is 1.32. The molecule has 1 aliphatic carbocycles. The average molecular weight is 284 g/mol. The van der Waals surface area contributed by atoms with E-state index in [2.05, 4.69) is 11.3 Å². The van der Waals surface area contributed by atoms with E-state index in [0.717, 1.165) is 12.8 Å². The lowest BCUT2D eigenvalue weighted by molar-refractivity contribution is 0.0685. The molecule has 0 radical (unpaired) electrons. The van der Waals surface area contributed by atoms with Crippen molar-refractivity contribution in [2.45, 2.75) is 30.2 Å². The summed E-state index contributed by atoms with van der Waals surface area (Å²) in [6.45, 7) is 3.76. The fraction of sp³-hybridized carbons (Fsp3) is 0.417. The van der Waals surface area contributed by atoms with Crippen molar-refractivity contribution in [1.82, 2.24) is 9.29 Å². The summed E-state index contributed by atoms with van der Waals surface area (Å²) in [5.74, 6) is -1.11. The predicted molar refractivity (Wildman–Crippen MR) is 69.7 cm³/mol. The molecule has 1 heterocycles. The predicted octanol–water partition coefficient (Wildman–Crippen LogP) is 1.38. The molecule has 0 atom stereocenters. The van der Waals surface area contributed by atoms with E-state index in [9.17, 15) is 13.2 Å². The fourth-order valence-electron chi connectivity index (χ4n) is 1.81. The van der Waals surface area contributed by atoms with Crippen LogP contribution in [0.4, 0.5) is 0 Å². The molecule has 1 saturated carbocycles. The van der Waals surface area contributed by atoms with Gasteiger partial charge >= 0.3 is 5.97 Å². The molecule has 1 aromatic rings. The third-order valence-corrected chi connectivity index (χ3v) is 4.36. The van der Waals surface area contributed by atoms with Crippen molar-refractivity contribution in [2.24, 2.45) is 0 Å². The normalized spacial score (nSPS) is 15.4. The highest BCUT2D eigenvalue weighted by molar-refractivity contribution is 7.89. The van der Waals surface area contributed by atoms with E-state index in [1.165, 1.54) is 16.8 Å². The van der Waals surface area contributed by atoms with Crippen LogP contribution in [0.1, 0.15) is 35.8 Å². The molecule has 0 spiro atoms. The van der Waals surface area contributed by atoms with Gasteiger partial charge in [-0.15, -0.1) is 6.58 Å². The zero-order valence-corrected chi connectivity index (χ0v) is 11.2. The Hall–Kier alpha value is -1.60. The van der Waals surface area contributed by atoms with Crippen LogP contribution in [0.5, 0.6) is 0 Å². The van der Waals surface area contributed by atoms with Gasteiger partial charge in [-0.2, -0.15) is 0 Å². The molecule has 19 heavy (non-hydrogen) atoms. The van der Waals surface area contributed by atoms with Crippen LogP contribution in [0.15, 0.2) is 29.8 Å². The fourth-order valence-corrected chi connectivity index (χ4v) is 2.88. The Balaban J connectivity index is 2.27. The summed E-state index contributed by atoms with van der Waals surface area (Å²) < 4.78 is 27.9. The minimum absolute atomic E-state index is 0.000798. The molecule has 0 bridgehead atoms. The smallest absolute Gasteiger partial charge is 0.352 e. The summed E-state index contributed by atoms with van der Waals surface area (Å²) in [5, 5.41) is 9.09. The van der Waals surface area contributed by atoms with Crippen LogP contribution in [-0.4, -0.2) is 30.6 Å². The first-order valence-electron chi connectivity index (χ1n) is 6.01. The second kappa shape index (κ2) is 5.18. The third-order valence-electron chi connectivity index (χ3n) is 2.93. The number of rotatable bonds is 7. The van der Waals surface area contributed by atoms with Crippen molar-refractivity contribution in [1.29, 1.82) is 0 Å². The van der Waals surface area contributed by atoms with Gasteiger partial charge in [-0.1, -0.05) is 6.08 Å². The topological polar surface area (TPSA) is 88.4 Å². The minimum atomic E-state index is -3.66. The first kappa shape index (κ1) is 13.8. The van der Waals surface area contributed by atoms with Gasteiger partial charge < -0.3 is 9.67 Å². The van der Waals surface area contributed by atoms with Crippen LogP contribution in [0.2, 0.25) is 0 Å². The summed E-state index contributed by atoms with van der Waals surface area (Å²) in [6.07, 6.45) is 5.31. The lowest BCUT2D eigenvalue weighted by Gasteiger charge is -2.03. The quantitative estimate of drug-likeness (QED) is 0.584. The van der Waals surface area contributed by atoms with E-state index in [0.29, 0.717) is 6.42 Å². The molecule has 0 aromatic carbocycles. The molecular formula is C12H16N2O4S. The van der Waals surface area contributed by atoms with E-state index in [-0.39, 0.29) is 23.2 Å².